The van der Waals surface area contributed by atoms with Crippen LogP contribution < -0.4 is 23.6 Å². The average Bonchev–Trinajstić information content (AvgIpc) is 2.24. The van der Waals surface area contributed by atoms with Crippen LogP contribution in [0.1, 0.15) is 31.9 Å². The van der Waals surface area contributed by atoms with Gasteiger partial charge in [-0.25, -0.2) is 0 Å². The summed E-state index contributed by atoms with van der Waals surface area (Å²) in [4.78, 5) is 10.9. The minimum atomic E-state index is -0.587. The van der Waals surface area contributed by atoms with Crippen molar-refractivity contribution in [1.82, 2.24) is 0 Å². The molecule has 0 spiro atoms. The molecule has 2 rings (SSSR count). The van der Waals surface area contributed by atoms with Crippen molar-refractivity contribution in [2.75, 3.05) is 0 Å². The summed E-state index contributed by atoms with van der Waals surface area (Å²) in [5.41, 5.74) is 1.99. The van der Waals surface area contributed by atoms with Gasteiger partial charge in [0.25, 0.3) is 0 Å². The van der Waals surface area contributed by atoms with E-state index in [2.05, 4.69) is 0 Å². The molecule has 0 saturated heterocycles. The van der Waals surface area contributed by atoms with E-state index in [1.165, 1.54) is 6.92 Å². The van der Waals surface area contributed by atoms with E-state index in [1.54, 1.807) is 12.2 Å². The van der Waals surface area contributed by atoms with E-state index in [1.807, 2.05) is 32.0 Å². The van der Waals surface area contributed by atoms with E-state index in [0.717, 1.165) is 16.9 Å². The third-order valence-electron chi connectivity index (χ3n) is 2.53. The smallest absolute Gasteiger partial charge is 0.870 e. The molecule has 0 aromatic heterocycles. The number of fused-ring (bicyclic) bond motifs is 1. The van der Waals surface area contributed by atoms with Crippen LogP contribution in [0.2, 0.25) is 0 Å². The van der Waals surface area contributed by atoms with Gasteiger partial charge in [-0.15, -0.1) is 0 Å². The number of hydrogen-bond donors (Lipinski definition) is 0. The van der Waals surface area contributed by atoms with E-state index in [9.17, 15) is 4.79 Å². The van der Waals surface area contributed by atoms with Gasteiger partial charge in [-0.2, -0.15) is 0 Å². The Hall–Kier alpha value is -1.05. The largest absolute Gasteiger partial charge is 1.00 e. The zero-order valence-electron chi connectivity index (χ0n) is 11.8. The van der Waals surface area contributed by atoms with Gasteiger partial charge in [0.2, 0.25) is 5.79 Å². The number of ketones is 1. The van der Waals surface area contributed by atoms with Crippen molar-refractivity contribution in [3.63, 3.8) is 0 Å². The fourth-order valence-electron chi connectivity index (χ4n) is 1.65. The van der Waals surface area contributed by atoms with Crippen molar-refractivity contribution in [3.8, 4) is 5.75 Å². The summed E-state index contributed by atoms with van der Waals surface area (Å²) in [7, 11) is 0. The molecular formula is C14H17LiO4. The first kappa shape index (κ1) is 17.9. The molecule has 19 heavy (non-hydrogen) atoms. The molecule has 1 N–H and O–H groups in total. The predicted octanol–water partition coefficient (Wildman–Crippen LogP) is -0.239. The molecule has 0 atom stereocenters. The van der Waals surface area contributed by atoms with Gasteiger partial charge >= 0.3 is 18.9 Å². The molecule has 0 amide bonds. The molecule has 1 aliphatic heterocycles. The predicted molar refractivity (Wildman–Crippen MR) is 67.6 cm³/mol. The van der Waals surface area contributed by atoms with E-state index >= 15 is 0 Å². The normalized spacial score (nSPS) is 15.7. The Bertz CT molecular complexity index is 480. The zero-order valence-corrected chi connectivity index (χ0v) is 11.8. The summed E-state index contributed by atoms with van der Waals surface area (Å²) < 4.78 is 11.3. The molecule has 4 nitrogen and oxygen atoms in total. The zero-order chi connectivity index (χ0) is 12.5. The molecule has 1 heterocycles. The average molecular weight is 256 g/mol. The van der Waals surface area contributed by atoms with Gasteiger partial charge in [0.05, 0.1) is 6.61 Å². The van der Waals surface area contributed by atoms with Crippen molar-refractivity contribution in [1.29, 1.82) is 0 Å². The summed E-state index contributed by atoms with van der Waals surface area (Å²) in [6, 6.07) is 5.84. The quantitative estimate of drug-likeness (QED) is 0.541. The van der Waals surface area contributed by atoms with Gasteiger partial charge in [-0.05, 0) is 24.6 Å². The third kappa shape index (κ3) is 4.85. The van der Waals surface area contributed by atoms with Gasteiger partial charge in [0.1, 0.15) is 5.75 Å². The fourth-order valence-corrected chi connectivity index (χ4v) is 1.65. The molecule has 0 saturated carbocycles. The first-order valence-corrected chi connectivity index (χ1v) is 5.61. The van der Waals surface area contributed by atoms with Crippen LogP contribution >= 0.6 is 0 Å². The van der Waals surface area contributed by atoms with Gasteiger partial charge in [-0.3, -0.25) is 4.79 Å². The number of carbonyl (C=O) groups is 1. The molecule has 0 bridgehead atoms. The monoisotopic (exact) mass is 256 g/mol. The van der Waals surface area contributed by atoms with Gasteiger partial charge in [0, 0.05) is 19.4 Å². The van der Waals surface area contributed by atoms with E-state index in [0.29, 0.717) is 6.61 Å². The summed E-state index contributed by atoms with van der Waals surface area (Å²) in [5, 5.41) is 0. The molecule has 1 aromatic carbocycles. The van der Waals surface area contributed by atoms with Crippen molar-refractivity contribution in [2.45, 2.75) is 33.2 Å². The Morgan fingerprint density at radius 3 is 2.68 bits per heavy atom. The number of ether oxygens (including phenoxy) is 2. The van der Waals surface area contributed by atoms with E-state index in [-0.39, 0.29) is 30.1 Å². The van der Waals surface area contributed by atoms with Crippen LogP contribution in [0, 0.1) is 0 Å². The minimum Gasteiger partial charge on any atom is -0.870 e. The first-order chi connectivity index (χ1) is 7.96. The van der Waals surface area contributed by atoms with E-state index < -0.39 is 5.79 Å². The molecule has 0 fully saturated rings. The third-order valence-corrected chi connectivity index (χ3v) is 2.53. The van der Waals surface area contributed by atoms with Crippen LogP contribution in [0.25, 0.3) is 6.08 Å². The number of rotatable bonds is 2. The molecule has 98 valence electrons. The summed E-state index contributed by atoms with van der Waals surface area (Å²) in [6.07, 6.45) is 3.33. The summed E-state index contributed by atoms with van der Waals surface area (Å²) in [5.74, 6) is 0.273. The topological polar surface area (TPSA) is 65.5 Å². The van der Waals surface area contributed by atoms with Crippen molar-refractivity contribution in [2.24, 2.45) is 0 Å². The van der Waals surface area contributed by atoms with Gasteiger partial charge in [-0.1, -0.05) is 18.2 Å². The molecule has 0 unspecified atom stereocenters. The Balaban J connectivity index is 0.00000162. The Labute approximate surface area is 125 Å². The van der Waals surface area contributed by atoms with E-state index in [4.69, 9.17) is 9.47 Å². The Morgan fingerprint density at radius 1 is 1.37 bits per heavy atom. The van der Waals surface area contributed by atoms with Crippen LogP contribution in [0.3, 0.4) is 0 Å². The molecule has 1 aromatic rings. The second kappa shape index (κ2) is 6.93. The fraction of sp³-hybridized carbons (Fsp3) is 0.357. The van der Waals surface area contributed by atoms with Crippen LogP contribution in [-0.2, 0) is 16.1 Å². The van der Waals surface area contributed by atoms with Crippen LogP contribution in [0.4, 0.5) is 0 Å². The maximum Gasteiger partial charge on any atom is 1.00 e. The first-order valence-electron chi connectivity index (χ1n) is 5.61. The number of carbonyl (C=O) groups excluding carboxylic acids is 1. The minimum absolute atomic E-state index is 0. The summed E-state index contributed by atoms with van der Waals surface area (Å²) in [6.45, 7) is 5.85. The van der Waals surface area contributed by atoms with Crippen molar-refractivity contribution >= 4 is 11.9 Å². The molecule has 1 aliphatic rings. The molecule has 5 heteroatoms. The Kier molecular flexibility index (Phi) is 6.54. The number of hydrogen-bond acceptors (Lipinski definition) is 4. The number of allylic oxidation sites excluding steroid dienone is 1. The number of benzene rings is 1. The molecule has 0 aliphatic carbocycles. The van der Waals surface area contributed by atoms with Crippen LogP contribution in [-0.4, -0.2) is 17.0 Å². The van der Waals surface area contributed by atoms with Crippen molar-refractivity contribution < 1.29 is 38.6 Å². The maximum atomic E-state index is 10.9. The maximum absolute atomic E-state index is 10.9. The van der Waals surface area contributed by atoms with Gasteiger partial charge < -0.3 is 14.9 Å². The Morgan fingerprint density at radius 2 is 2.05 bits per heavy atom. The standard InChI is InChI=1S/C14H16O3.Li.H2O/c1-10(15)4-5-11-6-7-12-9-16-14(2,3)17-13(12)8-11;;/h4-8H,9H2,1-3H3;;1H2/q;+1;/p-1/b5-4+;;. The second-order valence-electron chi connectivity index (χ2n) is 4.60. The van der Waals surface area contributed by atoms with Crippen LogP contribution in [0.15, 0.2) is 24.3 Å². The van der Waals surface area contributed by atoms with Crippen molar-refractivity contribution in [3.05, 3.63) is 35.4 Å². The molecule has 0 radical (unpaired) electrons. The summed E-state index contributed by atoms with van der Waals surface area (Å²) >= 11 is 0. The van der Waals surface area contributed by atoms with Crippen LogP contribution in [0.5, 0.6) is 5.75 Å². The second-order valence-corrected chi connectivity index (χ2v) is 4.60. The SMILES string of the molecule is CC(=O)/C=C/c1ccc2c(c1)OC(C)(C)OC2.[Li+].[OH-]. The molecular weight excluding hydrogens is 239 g/mol. The van der Waals surface area contributed by atoms with Gasteiger partial charge in [0.15, 0.2) is 5.78 Å².